The molecule has 0 spiro atoms. The van der Waals surface area contributed by atoms with Gasteiger partial charge in [0, 0.05) is 5.69 Å². The fraction of sp³-hybridized carbons (Fsp3) is 0.0667. The third-order valence-electron chi connectivity index (χ3n) is 2.84. The zero-order chi connectivity index (χ0) is 16.3. The van der Waals surface area contributed by atoms with Gasteiger partial charge in [0.1, 0.15) is 0 Å². The summed E-state index contributed by atoms with van der Waals surface area (Å²) in [6.07, 6.45) is 0. The topological polar surface area (TPSA) is 84.2 Å². The van der Waals surface area contributed by atoms with Crippen LogP contribution in [0.1, 0.15) is 5.56 Å². The van der Waals surface area contributed by atoms with Gasteiger partial charge in [-0.05, 0) is 42.8 Å². The summed E-state index contributed by atoms with van der Waals surface area (Å²) in [4.78, 5) is 23.8. The van der Waals surface area contributed by atoms with Gasteiger partial charge in [0.15, 0.2) is 0 Å². The zero-order valence-corrected chi connectivity index (χ0v) is 13.1. The summed E-state index contributed by atoms with van der Waals surface area (Å²) in [5.41, 5.74) is 7.79. The van der Waals surface area contributed by atoms with Crippen LogP contribution in [-0.4, -0.2) is 11.8 Å². The van der Waals surface area contributed by atoms with Crippen molar-refractivity contribution in [1.82, 2.24) is 0 Å². The van der Waals surface area contributed by atoms with Gasteiger partial charge in [-0.1, -0.05) is 29.3 Å². The molecule has 0 saturated carbocycles. The minimum Gasteiger partial charge on any atom is -0.397 e. The molecule has 0 atom stereocenters. The van der Waals surface area contributed by atoms with Crippen molar-refractivity contribution in [3.63, 3.8) is 0 Å². The van der Waals surface area contributed by atoms with Crippen molar-refractivity contribution in [2.24, 2.45) is 0 Å². The second-order valence-corrected chi connectivity index (χ2v) is 5.44. The average molecular weight is 338 g/mol. The number of hydrogen-bond acceptors (Lipinski definition) is 3. The fourth-order valence-corrected chi connectivity index (χ4v) is 2.02. The van der Waals surface area contributed by atoms with Crippen LogP contribution >= 0.6 is 23.2 Å². The van der Waals surface area contributed by atoms with Crippen molar-refractivity contribution in [1.29, 1.82) is 0 Å². The van der Waals surface area contributed by atoms with Gasteiger partial charge in [-0.2, -0.15) is 0 Å². The highest BCUT2D eigenvalue weighted by Gasteiger charge is 2.15. The number of anilines is 3. The quantitative estimate of drug-likeness (QED) is 0.579. The standard InChI is InChI=1S/C15H13Cl2N3O2/c1-8-2-5-12(18)13(6-8)20-15(22)14(21)19-9-3-4-10(16)11(17)7-9/h2-7H,18H2,1H3,(H,19,21)(H,20,22). The highest BCUT2D eigenvalue weighted by Crippen LogP contribution is 2.25. The van der Waals surface area contributed by atoms with Crippen molar-refractivity contribution in [2.45, 2.75) is 6.92 Å². The molecule has 0 fully saturated rings. The lowest BCUT2D eigenvalue weighted by atomic mass is 10.2. The zero-order valence-electron chi connectivity index (χ0n) is 11.6. The van der Waals surface area contributed by atoms with E-state index < -0.39 is 11.8 Å². The predicted molar refractivity (Wildman–Crippen MR) is 89.3 cm³/mol. The molecule has 0 aromatic heterocycles. The monoisotopic (exact) mass is 337 g/mol. The molecule has 0 saturated heterocycles. The number of nitrogens with one attached hydrogen (secondary N) is 2. The summed E-state index contributed by atoms with van der Waals surface area (Å²) < 4.78 is 0. The van der Waals surface area contributed by atoms with Gasteiger partial charge in [0.25, 0.3) is 0 Å². The van der Waals surface area contributed by atoms with Crippen LogP contribution in [-0.2, 0) is 9.59 Å². The van der Waals surface area contributed by atoms with E-state index >= 15 is 0 Å². The first kappa shape index (κ1) is 16.1. The van der Waals surface area contributed by atoms with E-state index in [2.05, 4.69) is 10.6 Å². The summed E-state index contributed by atoms with van der Waals surface area (Å²) >= 11 is 11.6. The van der Waals surface area contributed by atoms with Crippen LogP contribution in [0.15, 0.2) is 36.4 Å². The van der Waals surface area contributed by atoms with Crippen LogP contribution in [0.25, 0.3) is 0 Å². The number of nitrogens with two attached hydrogens (primary N) is 1. The molecule has 0 aliphatic carbocycles. The van der Waals surface area contributed by atoms with Gasteiger partial charge in [-0.3, -0.25) is 9.59 Å². The van der Waals surface area contributed by atoms with Gasteiger partial charge < -0.3 is 16.4 Å². The molecule has 2 amide bonds. The van der Waals surface area contributed by atoms with Crippen LogP contribution in [0.2, 0.25) is 10.0 Å². The second kappa shape index (κ2) is 6.68. The first-order chi connectivity index (χ1) is 10.4. The molecule has 5 nitrogen and oxygen atoms in total. The number of benzene rings is 2. The molecule has 2 aromatic rings. The molecular formula is C15H13Cl2N3O2. The van der Waals surface area contributed by atoms with Crippen molar-refractivity contribution in [3.8, 4) is 0 Å². The van der Waals surface area contributed by atoms with Gasteiger partial charge >= 0.3 is 11.8 Å². The van der Waals surface area contributed by atoms with Crippen LogP contribution in [0.4, 0.5) is 17.1 Å². The maximum Gasteiger partial charge on any atom is 0.314 e. The summed E-state index contributed by atoms with van der Waals surface area (Å²) in [7, 11) is 0. The molecule has 7 heteroatoms. The Bertz CT molecular complexity index is 748. The average Bonchev–Trinajstić information content (AvgIpc) is 2.46. The Labute approximate surface area is 137 Å². The normalized spacial score (nSPS) is 10.1. The molecular weight excluding hydrogens is 325 g/mol. The summed E-state index contributed by atoms with van der Waals surface area (Å²) in [6, 6.07) is 9.66. The molecule has 22 heavy (non-hydrogen) atoms. The molecule has 2 rings (SSSR count). The lowest BCUT2D eigenvalue weighted by molar-refractivity contribution is -0.132. The molecule has 0 aliphatic heterocycles. The number of halogens is 2. The van der Waals surface area contributed by atoms with Crippen molar-refractivity contribution >= 4 is 52.1 Å². The lowest BCUT2D eigenvalue weighted by Crippen LogP contribution is -2.29. The third-order valence-corrected chi connectivity index (χ3v) is 3.58. The predicted octanol–water partition coefficient (Wildman–Crippen LogP) is 3.46. The molecule has 0 radical (unpaired) electrons. The van der Waals surface area contributed by atoms with Crippen molar-refractivity contribution in [2.75, 3.05) is 16.4 Å². The van der Waals surface area contributed by atoms with Crippen LogP contribution in [0, 0.1) is 6.92 Å². The highest BCUT2D eigenvalue weighted by atomic mass is 35.5. The Hall–Kier alpha value is -2.24. The molecule has 0 heterocycles. The van der Waals surface area contributed by atoms with Gasteiger partial charge in [-0.25, -0.2) is 0 Å². The van der Waals surface area contributed by atoms with E-state index in [1.807, 2.05) is 6.92 Å². The largest absolute Gasteiger partial charge is 0.397 e. The molecule has 0 aliphatic rings. The van der Waals surface area contributed by atoms with Crippen LogP contribution < -0.4 is 16.4 Å². The first-order valence-corrected chi connectivity index (χ1v) is 7.06. The minimum atomic E-state index is -0.834. The van der Waals surface area contributed by atoms with E-state index in [9.17, 15) is 9.59 Å². The lowest BCUT2D eigenvalue weighted by Gasteiger charge is -2.09. The van der Waals surface area contributed by atoms with E-state index in [4.69, 9.17) is 28.9 Å². The first-order valence-electron chi connectivity index (χ1n) is 6.30. The van der Waals surface area contributed by atoms with E-state index in [1.54, 1.807) is 24.3 Å². The van der Waals surface area contributed by atoms with Gasteiger partial charge in [0.2, 0.25) is 0 Å². The van der Waals surface area contributed by atoms with Crippen molar-refractivity contribution in [3.05, 3.63) is 52.0 Å². The van der Waals surface area contributed by atoms with E-state index in [0.29, 0.717) is 22.1 Å². The Morgan fingerprint density at radius 1 is 0.955 bits per heavy atom. The molecule has 4 N–H and O–H groups in total. The van der Waals surface area contributed by atoms with E-state index in [1.165, 1.54) is 12.1 Å². The third kappa shape index (κ3) is 3.90. The second-order valence-electron chi connectivity index (χ2n) is 4.63. The number of aryl methyl sites for hydroxylation is 1. The summed E-state index contributed by atoms with van der Waals surface area (Å²) in [5.74, 6) is -1.66. The maximum atomic E-state index is 11.9. The maximum absolute atomic E-state index is 11.9. The highest BCUT2D eigenvalue weighted by molar-refractivity contribution is 6.44. The Kier molecular flexibility index (Phi) is 4.90. The smallest absolute Gasteiger partial charge is 0.314 e. The number of rotatable bonds is 2. The number of nitrogen functional groups attached to an aromatic ring is 1. The van der Waals surface area contributed by atoms with Crippen molar-refractivity contribution < 1.29 is 9.59 Å². The number of hydrogen-bond donors (Lipinski definition) is 3. The SMILES string of the molecule is Cc1ccc(N)c(NC(=O)C(=O)Nc2ccc(Cl)c(Cl)c2)c1. The molecule has 2 aromatic carbocycles. The van der Waals surface area contributed by atoms with Crippen LogP contribution in [0.3, 0.4) is 0 Å². The molecule has 114 valence electrons. The number of carbonyl (C=O) groups is 2. The number of amides is 2. The fourth-order valence-electron chi connectivity index (χ4n) is 1.72. The van der Waals surface area contributed by atoms with Crippen LogP contribution in [0.5, 0.6) is 0 Å². The molecule has 0 bridgehead atoms. The minimum absolute atomic E-state index is 0.280. The molecule has 0 unspecified atom stereocenters. The Balaban J connectivity index is 2.07. The Morgan fingerprint density at radius 2 is 1.64 bits per heavy atom. The number of carbonyl (C=O) groups excluding carboxylic acids is 2. The van der Waals surface area contributed by atoms with E-state index in [-0.39, 0.29) is 5.02 Å². The Morgan fingerprint density at radius 3 is 2.32 bits per heavy atom. The van der Waals surface area contributed by atoms with E-state index in [0.717, 1.165) is 5.56 Å². The summed E-state index contributed by atoms with van der Waals surface area (Å²) in [5, 5.41) is 5.53. The van der Waals surface area contributed by atoms with Gasteiger partial charge in [0.05, 0.1) is 21.4 Å². The summed E-state index contributed by atoms with van der Waals surface area (Å²) in [6.45, 7) is 1.85. The van der Waals surface area contributed by atoms with Gasteiger partial charge in [-0.15, -0.1) is 0 Å².